The van der Waals surface area contributed by atoms with E-state index in [9.17, 15) is 0 Å². The molecule has 0 aromatic rings. The van der Waals surface area contributed by atoms with Crippen LogP contribution < -0.4 is 11.1 Å². The molecule has 0 bridgehead atoms. The molecule has 1 aliphatic carbocycles. The van der Waals surface area contributed by atoms with Crippen LogP contribution in [0, 0.1) is 0 Å². The predicted molar refractivity (Wildman–Crippen MR) is 85.0 cm³/mol. The first-order valence-corrected chi connectivity index (χ1v) is 6.05. The van der Waals surface area contributed by atoms with Gasteiger partial charge in [-0.2, -0.15) is 0 Å². The topological polar surface area (TPSA) is 53.6 Å². The van der Waals surface area contributed by atoms with E-state index < -0.39 is 0 Å². The Balaban J connectivity index is 0.00000256. The fourth-order valence-electron chi connectivity index (χ4n) is 1.64. The minimum absolute atomic E-state index is 0. The zero-order chi connectivity index (χ0) is 12.0. The fraction of sp³-hybridized carbons (Fsp3) is 0.750. The molecule has 0 aliphatic heterocycles. The molecular weight excluding hydrogens is 327 g/mol. The Morgan fingerprint density at radius 1 is 1.53 bits per heavy atom. The van der Waals surface area contributed by atoms with Crippen LogP contribution in [0.5, 0.6) is 0 Å². The lowest BCUT2D eigenvalue weighted by atomic mass is 10.4. The first-order chi connectivity index (χ1) is 7.63. The third kappa shape index (κ3) is 7.59. The van der Waals surface area contributed by atoms with Gasteiger partial charge in [0.2, 0.25) is 0 Å². The van der Waals surface area contributed by atoms with Gasteiger partial charge in [-0.3, -0.25) is 4.90 Å². The monoisotopic (exact) mass is 352 g/mol. The fourth-order valence-corrected chi connectivity index (χ4v) is 1.64. The summed E-state index contributed by atoms with van der Waals surface area (Å²) in [7, 11) is 0. The van der Waals surface area contributed by atoms with E-state index in [1.54, 1.807) is 0 Å². The number of hydrogen-bond donors (Lipinski definition) is 2. The Kier molecular flexibility index (Phi) is 8.59. The van der Waals surface area contributed by atoms with Crippen LogP contribution >= 0.6 is 24.0 Å². The Hall–Kier alpha value is -0.300. The van der Waals surface area contributed by atoms with Crippen molar-refractivity contribution < 1.29 is 0 Å². The summed E-state index contributed by atoms with van der Waals surface area (Å²) in [4.78, 5) is 6.66. The largest absolute Gasteiger partial charge is 0.370 e. The lowest BCUT2D eigenvalue weighted by molar-refractivity contribution is 0.282. The molecular formula is C12H25IN4. The molecule has 0 saturated heterocycles. The number of hydrogen-bond acceptors (Lipinski definition) is 2. The standard InChI is InChI=1S/C12H24N4.HI/c1-4-16(11-5-6-11)8-7-14-12(13)15-9-10(2)3;/h11H,2,4-9H2,1,3H3,(H3,13,14,15);1H. The lowest BCUT2D eigenvalue weighted by Gasteiger charge is -2.19. The van der Waals surface area contributed by atoms with E-state index in [0.29, 0.717) is 12.5 Å². The number of nitrogens with zero attached hydrogens (tertiary/aromatic N) is 2. The van der Waals surface area contributed by atoms with E-state index in [1.165, 1.54) is 12.8 Å². The number of likely N-dealkylation sites (N-methyl/N-ethyl adjacent to an activating group) is 1. The average molecular weight is 352 g/mol. The van der Waals surface area contributed by atoms with Gasteiger partial charge in [-0.05, 0) is 26.3 Å². The van der Waals surface area contributed by atoms with Gasteiger partial charge < -0.3 is 11.1 Å². The van der Waals surface area contributed by atoms with Crippen LogP contribution in [0.3, 0.4) is 0 Å². The van der Waals surface area contributed by atoms with Crippen LogP contribution in [-0.2, 0) is 0 Å². The van der Waals surface area contributed by atoms with Gasteiger partial charge in [-0.25, -0.2) is 4.99 Å². The SMILES string of the molecule is C=C(C)CN=C(N)NCCN(CC)C1CC1.I. The highest BCUT2D eigenvalue weighted by Crippen LogP contribution is 2.25. The molecule has 0 unspecified atom stereocenters. The summed E-state index contributed by atoms with van der Waals surface area (Å²) in [6.45, 7) is 11.6. The van der Waals surface area contributed by atoms with E-state index in [0.717, 1.165) is 31.2 Å². The van der Waals surface area contributed by atoms with Gasteiger partial charge in [0.25, 0.3) is 0 Å². The zero-order valence-corrected chi connectivity index (χ0v) is 13.2. The summed E-state index contributed by atoms with van der Waals surface area (Å²) in [6, 6.07) is 0.820. The number of nitrogens with two attached hydrogens (primary N) is 1. The van der Waals surface area contributed by atoms with Crippen LogP contribution in [0.4, 0.5) is 0 Å². The highest BCUT2D eigenvalue weighted by molar-refractivity contribution is 14.0. The van der Waals surface area contributed by atoms with Crippen molar-refractivity contribution in [1.82, 2.24) is 10.2 Å². The molecule has 1 fully saturated rings. The average Bonchev–Trinajstić information content (AvgIpc) is 3.05. The minimum atomic E-state index is 0. The summed E-state index contributed by atoms with van der Waals surface area (Å²) >= 11 is 0. The Morgan fingerprint density at radius 3 is 2.65 bits per heavy atom. The third-order valence-corrected chi connectivity index (χ3v) is 2.69. The molecule has 0 aromatic heterocycles. The molecule has 3 N–H and O–H groups in total. The van der Waals surface area contributed by atoms with E-state index in [4.69, 9.17) is 5.73 Å². The van der Waals surface area contributed by atoms with Crippen molar-refractivity contribution in [3.63, 3.8) is 0 Å². The van der Waals surface area contributed by atoms with Crippen LogP contribution in [-0.4, -0.2) is 43.1 Å². The van der Waals surface area contributed by atoms with Gasteiger partial charge in [-0.1, -0.05) is 19.1 Å². The second kappa shape index (κ2) is 8.74. The normalized spacial score (nSPS) is 15.6. The molecule has 5 heteroatoms. The van der Waals surface area contributed by atoms with E-state index in [-0.39, 0.29) is 24.0 Å². The Bertz CT molecular complexity index is 261. The molecule has 1 saturated carbocycles. The minimum Gasteiger partial charge on any atom is -0.370 e. The van der Waals surface area contributed by atoms with E-state index >= 15 is 0 Å². The quantitative estimate of drug-likeness (QED) is 0.317. The summed E-state index contributed by atoms with van der Waals surface area (Å²) < 4.78 is 0. The second-order valence-corrected chi connectivity index (χ2v) is 4.45. The smallest absolute Gasteiger partial charge is 0.188 e. The molecule has 1 aliphatic rings. The van der Waals surface area contributed by atoms with Crippen LogP contribution in [0.15, 0.2) is 17.1 Å². The molecule has 0 radical (unpaired) electrons. The van der Waals surface area contributed by atoms with Crippen molar-refractivity contribution in [2.24, 2.45) is 10.7 Å². The summed E-state index contributed by atoms with van der Waals surface area (Å²) in [5.41, 5.74) is 6.75. The van der Waals surface area contributed by atoms with Crippen molar-refractivity contribution >= 4 is 29.9 Å². The first kappa shape index (κ1) is 16.7. The number of aliphatic imine (C=N–C) groups is 1. The van der Waals surface area contributed by atoms with Crippen LogP contribution in [0.25, 0.3) is 0 Å². The Labute approximate surface area is 122 Å². The van der Waals surface area contributed by atoms with E-state index in [1.807, 2.05) is 6.92 Å². The molecule has 0 atom stereocenters. The van der Waals surface area contributed by atoms with Crippen LogP contribution in [0.2, 0.25) is 0 Å². The predicted octanol–water partition coefficient (Wildman–Crippen LogP) is 1.57. The van der Waals surface area contributed by atoms with Crippen molar-refractivity contribution in [2.45, 2.75) is 32.7 Å². The molecule has 0 spiro atoms. The summed E-state index contributed by atoms with van der Waals surface area (Å²) in [6.07, 6.45) is 2.71. The van der Waals surface area contributed by atoms with Crippen LogP contribution in [0.1, 0.15) is 26.7 Å². The van der Waals surface area contributed by atoms with Crippen molar-refractivity contribution in [2.75, 3.05) is 26.2 Å². The maximum absolute atomic E-state index is 5.72. The van der Waals surface area contributed by atoms with Crippen molar-refractivity contribution in [3.8, 4) is 0 Å². The lowest BCUT2D eigenvalue weighted by Crippen LogP contribution is -2.39. The molecule has 0 heterocycles. The molecule has 17 heavy (non-hydrogen) atoms. The Morgan fingerprint density at radius 2 is 2.18 bits per heavy atom. The maximum Gasteiger partial charge on any atom is 0.188 e. The van der Waals surface area contributed by atoms with Gasteiger partial charge in [-0.15, -0.1) is 24.0 Å². The molecule has 100 valence electrons. The number of halogens is 1. The highest BCUT2D eigenvalue weighted by Gasteiger charge is 2.26. The van der Waals surface area contributed by atoms with Crippen molar-refractivity contribution in [3.05, 3.63) is 12.2 Å². The van der Waals surface area contributed by atoms with Gasteiger partial charge in [0, 0.05) is 19.1 Å². The zero-order valence-electron chi connectivity index (χ0n) is 10.9. The number of guanidine groups is 1. The summed E-state index contributed by atoms with van der Waals surface area (Å²) in [5, 5.41) is 3.13. The molecule has 0 aromatic carbocycles. The van der Waals surface area contributed by atoms with E-state index in [2.05, 4.69) is 28.7 Å². The van der Waals surface area contributed by atoms with Gasteiger partial charge in [0.1, 0.15) is 0 Å². The van der Waals surface area contributed by atoms with Gasteiger partial charge in [0.15, 0.2) is 5.96 Å². The molecule has 1 rings (SSSR count). The molecule has 4 nitrogen and oxygen atoms in total. The highest BCUT2D eigenvalue weighted by atomic mass is 127. The third-order valence-electron chi connectivity index (χ3n) is 2.69. The van der Waals surface area contributed by atoms with Gasteiger partial charge >= 0.3 is 0 Å². The number of nitrogens with one attached hydrogen (secondary N) is 1. The van der Waals surface area contributed by atoms with Crippen molar-refractivity contribution in [1.29, 1.82) is 0 Å². The molecule has 0 amide bonds. The number of rotatable bonds is 7. The first-order valence-electron chi connectivity index (χ1n) is 6.05. The van der Waals surface area contributed by atoms with Gasteiger partial charge in [0.05, 0.1) is 6.54 Å². The maximum atomic E-state index is 5.72. The summed E-state index contributed by atoms with van der Waals surface area (Å²) in [5.74, 6) is 0.523. The second-order valence-electron chi connectivity index (χ2n) is 4.45.